The van der Waals surface area contributed by atoms with Gasteiger partial charge in [-0.25, -0.2) is 4.79 Å². The Morgan fingerprint density at radius 2 is 2.05 bits per heavy atom. The zero-order valence-electron chi connectivity index (χ0n) is 11.5. The average molecular weight is 289 g/mol. The minimum Gasteiger partial charge on any atom is -0.454 e. The summed E-state index contributed by atoms with van der Waals surface area (Å²) in [6.45, 7) is 2.83. The van der Waals surface area contributed by atoms with Crippen LogP contribution in [0.3, 0.4) is 0 Å². The first-order valence-electron chi connectivity index (χ1n) is 6.53. The van der Waals surface area contributed by atoms with Gasteiger partial charge in [0, 0.05) is 18.7 Å². The molecule has 0 bridgehead atoms. The van der Waals surface area contributed by atoms with Crippen molar-refractivity contribution in [3.63, 3.8) is 0 Å². The van der Waals surface area contributed by atoms with Crippen molar-refractivity contribution in [2.24, 2.45) is 0 Å². The van der Waals surface area contributed by atoms with Gasteiger partial charge in [-0.3, -0.25) is 0 Å². The van der Waals surface area contributed by atoms with Crippen molar-refractivity contribution in [3.05, 3.63) is 41.3 Å². The number of amides is 2. The summed E-state index contributed by atoms with van der Waals surface area (Å²) in [5, 5.41) is 9.17. The van der Waals surface area contributed by atoms with Gasteiger partial charge in [-0.05, 0) is 24.6 Å². The maximum Gasteiger partial charge on any atom is 0.315 e. The van der Waals surface area contributed by atoms with Crippen LogP contribution in [0.25, 0.3) is 0 Å². The van der Waals surface area contributed by atoms with Crippen molar-refractivity contribution in [1.82, 2.24) is 15.8 Å². The first kappa shape index (κ1) is 13.3. The largest absolute Gasteiger partial charge is 0.454 e. The maximum absolute atomic E-state index is 11.7. The number of aromatic nitrogens is 1. The lowest BCUT2D eigenvalue weighted by Crippen LogP contribution is -2.34. The van der Waals surface area contributed by atoms with E-state index in [1.807, 2.05) is 18.2 Å². The fraction of sp³-hybridized carbons (Fsp3) is 0.286. The van der Waals surface area contributed by atoms with E-state index >= 15 is 0 Å². The fourth-order valence-corrected chi connectivity index (χ4v) is 1.96. The molecule has 0 saturated carbocycles. The number of benzene rings is 1. The molecule has 1 aromatic carbocycles. The molecule has 2 N–H and O–H groups in total. The van der Waals surface area contributed by atoms with Crippen molar-refractivity contribution in [3.8, 4) is 11.5 Å². The number of carbonyl (C=O) groups is 1. The molecule has 0 radical (unpaired) electrons. The smallest absolute Gasteiger partial charge is 0.315 e. The van der Waals surface area contributed by atoms with Gasteiger partial charge in [-0.1, -0.05) is 11.2 Å². The van der Waals surface area contributed by atoms with Crippen LogP contribution in [0.15, 0.2) is 28.9 Å². The van der Waals surface area contributed by atoms with Crippen molar-refractivity contribution in [2.45, 2.75) is 20.0 Å². The van der Waals surface area contributed by atoms with E-state index in [4.69, 9.17) is 14.0 Å². The third-order valence-corrected chi connectivity index (χ3v) is 3.18. The van der Waals surface area contributed by atoms with Gasteiger partial charge in [0.1, 0.15) is 5.76 Å². The molecule has 2 amide bonds. The van der Waals surface area contributed by atoms with E-state index in [9.17, 15) is 4.79 Å². The molecule has 1 aliphatic rings. The standard InChI is InChI=1S/C14H15N3O4/c1-9-11(7-17-21-9)6-16-14(18)15-5-10-2-3-12-13(4-10)20-8-19-12/h2-4,7H,5-6,8H2,1H3,(H2,15,16,18). The third-order valence-electron chi connectivity index (χ3n) is 3.18. The molecule has 2 aromatic rings. The fourth-order valence-electron chi connectivity index (χ4n) is 1.96. The molecule has 7 heteroatoms. The molecule has 0 aliphatic carbocycles. The number of carbonyl (C=O) groups excluding carboxylic acids is 1. The second-order valence-corrected chi connectivity index (χ2v) is 4.63. The summed E-state index contributed by atoms with van der Waals surface area (Å²) >= 11 is 0. The Morgan fingerprint density at radius 3 is 2.86 bits per heavy atom. The minimum absolute atomic E-state index is 0.241. The lowest BCUT2D eigenvalue weighted by Gasteiger charge is -2.07. The van der Waals surface area contributed by atoms with E-state index in [1.165, 1.54) is 0 Å². The Labute approximate surface area is 121 Å². The van der Waals surface area contributed by atoms with Gasteiger partial charge >= 0.3 is 6.03 Å². The summed E-state index contributed by atoms with van der Waals surface area (Å²) in [4.78, 5) is 11.7. The SMILES string of the molecule is Cc1oncc1CNC(=O)NCc1ccc2c(c1)OCO2. The number of rotatable bonds is 4. The van der Waals surface area contributed by atoms with Gasteiger partial charge in [-0.15, -0.1) is 0 Å². The molecular formula is C14H15N3O4. The van der Waals surface area contributed by atoms with Crippen LogP contribution in [0.1, 0.15) is 16.9 Å². The van der Waals surface area contributed by atoms with Crippen LogP contribution in [0.4, 0.5) is 4.79 Å². The molecule has 1 aliphatic heterocycles. The highest BCUT2D eigenvalue weighted by molar-refractivity contribution is 5.73. The predicted molar refractivity (Wildman–Crippen MR) is 72.9 cm³/mol. The Balaban J connectivity index is 1.48. The first-order valence-corrected chi connectivity index (χ1v) is 6.53. The molecule has 110 valence electrons. The molecular weight excluding hydrogens is 274 g/mol. The van der Waals surface area contributed by atoms with Crippen LogP contribution in [0.5, 0.6) is 11.5 Å². The zero-order valence-corrected chi connectivity index (χ0v) is 11.5. The van der Waals surface area contributed by atoms with Crippen molar-refractivity contribution >= 4 is 6.03 Å². The summed E-state index contributed by atoms with van der Waals surface area (Å²) in [6, 6.07) is 5.32. The molecule has 0 spiro atoms. The molecule has 1 aromatic heterocycles. The number of aryl methyl sites for hydroxylation is 1. The van der Waals surface area contributed by atoms with Crippen molar-refractivity contribution in [1.29, 1.82) is 0 Å². The summed E-state index contributed by atoms with van der Waals surface area (Å²) in [5.74, 6) is 2.13. The Morgan fingerprint density at radius 1 is 1.24 bits per heavy atom. The number of nitrogens with one attached hydrogen (secondary N) is 2. The monoisotopic (exact) mass is 289 g/mol. The second kappa shape index (κ2) is 5.74. The number of hydrogen-bond donors (Lipinski definition) is 2. The quantitative estimate of drug-likeness (QED) is 0.895. The number of nitrogens with zero attached hydrogens (tertiary/aromatic N) is 1. The Bertz CT molecular complexity index is 653. The van der Waals surface area contributed by atoms with E-state index in [1.54, 1.807) is 13.1 Å². The third kappa shape index (κ3) is 3.07. The summed E-state index contributed by atoms with van der Waals surface area (Å²) in [5.41, 5.74) is 1.80. The molecule has 3 rings (SSSR count). The lowest BCUT2D eigenvalue weighted by molar-refractivity contribution is 0.174. The number of ether oxygens (including phenoxy) is 2. The molecule has 0 atom stereocenters. The van der Waals surface area contributed by atoms with E-state index < -0.39 is 0 Å². The Kier molecular flexibility index (Phi) is 3.63. The number of urea groups is 1. The van der Waals surface area contributed by atoms with Crippen LogP contribution in [0.2, 0.25) is 0 Å². The summed E-state index contributed by atoms with van der Waals surface area (Å²) < 4.78 is 15.4. The summed E-state index contributed by atoms with van der Waals surface area (Å²) in [6.07, 6.45) is 1.59. The maximum atomic E-state index is 11.7. The van der Waals surface area contributed by atoms with Crippen molar-refractivity contribution in [2.75, 3.05) is 6.79 Å². The number of fused-ring (bicyclic) bond motifs is 1. The topological polar surface area (TPSA) is 85.6 Å². The number of hydrogen-bond acceptors (Lipinski definition) is 5. The van der Waals surface area contributed by atoms with E-state index in [-0.39, 0.29) is 12.8 Å². The van der Waals surface area contributed by atoms with E-state index in [0.29, 0.717) is 24.6 Å². The van der Waals surface area contributed by atoms with Crippen LogP contribution >= 0.6 is 0 Å². The van der Waals surface area contributed by atoms with Gasteiger partial charge in [0.25, 0.3) is 0 Å². The normalized spacial score (nSPS) is 12.2. The predicted octanol–water partition coefficient (Wildman–Crippen LogP) is 1.71. The van der Waals surface area contributed by atoms with Gasteiger partial charge in [0.15, 0.2) is 11.5 Å². The highest BCUT2D eigenvalue weighted by atomic mass is 16.7. The summed E-state index contributed by atoms with van der Waals surface area (Å²) in [7, 11) is 0. The van der Waals surface area contributed by atoms with Gasteiger partial charge in [0.2, 0.25) is 6.79 Å². The first-order chi connectivity index (χ1) is 10.2. The van der Waals surface area contributed by atoms with Crippen LogP contribution in [-0.4, -0.2) is 18.0 Å². The second-order valence-electron chi connectivity index (χ2n) is 4.63. The average Bonchev–Trinajstić information content (AvgIpc) is 3.11. The van der Waals surface area contributed by atoms with Gasteiger partial charge < -0.3 is 24.6 Å². The van der Waals surface area contributed by atoms with E-state index in [0.717, 1.165) is 16.9 Å². The minimum atomic E-state index is -0.256. The highest BCUT2D eigenvalue weighted by Crippen LogP contribution is 2.32. The van der Waals surface area contributed by atoms with Crippen molar-refractivity contribution < 1.29 is 18.8 Å². The zero-order chi connectivity index (χ0) is 14.7. The molecule has 0 fully saturated rings. The molecule has 21 heavy (non-hydrogen) atoms. The van der Waals surface area contributed by atoms with Gasteiger partial charge in [0.05, 0.1) is 6.20 Å². The molecule has 0 saturated heterocycles. The van der Waals surface area contributed by atoms with Crippen LogP contribution in [0, 0.1) is 6.92 Å². The molecule has 0 unspecified atom stereocenters. The Hall–Kier alpha value is -2.70. The molecule has 2 heterocycles. The van der Waals surface area contributed by atoms with Gasteiger partial charge in [-0.2, -0.15) is 0 Å². The lowest BCUT2D eigenvalue weighted by atomic mass is 10.2. The van der Waals surface area contributed by atoms with Crippen LogP contribution in [-0.2, 0) is 13.1 Å². The van der Waals surface area contributed by atoms with Crippen LogP contribution < -0.4 is 20.1 Å². The highest BCUT2D eigenvalue weighted by Gasteiger charge is 2.13. The van der Waals surface area contributed by atoms with E-state index in [2.05, 4.69) is 15.8 Å². The molecule has 7 nitrogen and oxygen atoms in total.